The van der Waals surface area contributed by atoms with Crippen molar-refractivity contribution in [2.24, 2.45) is 5.92 Å². The first-order chi connectivity index (χ1) is 42.6. The van der Waals surface area contributed by atoms with Crippen molar-refractivity contribution in [1.82, 2.24) is 0 Å². The lowest BCUT2D eigenvalue weighted by molar-refractivity contribution is -0.161. The van der Waals surface area contributed by atoms with E-state index in [1.807, 2.05) is 0 Å². The highest BCUT2D eigenvalue weighted by Gasteiger charge is 2.30. The number of rotatable bonds is 69. The number of carbonyl (C=O) groups excluding carboxylic acids is 4. The van der Waals surface area contributed by atoms with Crippen molar-refractivity contribution in [3.05, 3.63) is 0 Å². The van der Waals surface area contributed by atoms with E-state index in [2.05, 4.69) is 34.6 Å². The van der Waals surface area contributed by atoms with Crippen molar-refractivity contribution in [1.29, 1.82) is 0 Å². The summed E-state index contributed by atoms with van der Waals surface area (Å²) in [5.74, 6) is -1.27. The maximum atomic E-state index is 13.0. The van der Waals surface area contributed by atoms with E-state index in [0.717, 1.165) is 115 Å². The Bertz CT molecular complexity index is 1710. The summed E-state index contributed by atoms with van der Waals surface area (Å²) in [6, 6.07) is 0. The molecule has 0 rings (SSSR count). The second-order valence-corrected chi connectivity index (χ2v) is 28.1. The van der Waals surface area contributed by atoms with Gasteiger partial charge in [-0.15, -0.1) is 0 Å². The van der Waals surface area contributed by atoms with Gasteiger partial charge in [-0.25, -0.2) is 9.13 Å². The van der Waals surface area contributed by atoms with Gasteiger partial charge in [0.15, 0.2) is 12.2 Å². The van der Waals surface area contributed by atoms with Crippen LogP contribution in [0.1, 0.15) is 356 Å². The molecule has 0 aliphatic rings. The first-order valence-corrected chi connectivity index (χ1v) is 39.2. The van der Waals surface area contributed by atoms with Crippen molar-refractivity contribution in [3.8, 4) is 0 Å². The molecule has 6 atom stereocenters. The molecule has 522 valence electrons. The van der Waals surface area contributed by atoms with E-state index in [4.69, 9.17) is 37.0 Å². The Kier molecular flexibility index (Phi) is 61.1. The van der Waals surface area contributed by atoms with Gasteiger partial charge in [-0.2, -0.15) is 0 Å². The predicted octanol–water partition coefficient (Wildman–Crippen LogP) is 19.7. The third kappa shape index (κ3) is 61.6. The molecule has 0 fully saturated rings. The van der Waals surface area contributed by atoms with E-state index < -0.39 is 97.5 Å². The highest BCUT2D eigenvalue weighted by atomic mass is 31.2. The summed E-state index contributed by atoms with van der Waals surface area (Å²) in [6.45, 7) is 7.17. The van der Waals surface area contributed by atoms with Crippen molar-refractivity contribution < 1.29 is 80.2 Å². The summed E-state index contributed by atoms with van der Waals surface area (Å²) in [4.78, 5) is 72.0. The minimum atomic E-state index is -4.95. The number of unbranched alkanes of at least 4 members (excludes halogenated alkanes) is 40. The maximum Gasteiger partial charge on any atom is 0.472 e. The molecule has 0 bridgehead atoms. The van der Waals surface area contributed by atoms with Crippen LogP contribution in [0.5, 0.6) is 0 Å². The van der Waals surface area contributed by atoms with Gasteiger partial charge in [0, 0.05) is 25.7 Å². The number of hydrogen-bond donors (Lipinski definition) is 3. The van der Waals surface area contributed by atoms with Crippen LogP contribution in [0.2, 0.25) is 0 Å². The Morgan fingerprint density at radius 1 is 0.318 bits per heavy atom. The Morgan fingerprint density at radius 2 is 0.545 bits per heavy atom. The molecule has 0 heterocycles. The van der Waals surface area contributed by atoms with Gasteiger partial charge in [0.1, 0.15) is 19.3 Å². The summed E-state index contributed by atoms with van der Waals surface area (Å²) < 4.78 is 67.9. The highest BCUT2D eigenvalue weighted by molar-refractivity contribution is 7.47. The molecule has 17 nitrogen and oxygen atoms in total. The van der Waals surface area contributed by atoms with Crippen LogP contribution in [-0.2, 0) is 65.4 Å². The molecule has 0 aromatic rings. The number of carbonyl (C=O) groups is 4. The molecule has 0 aliphatic carbocycles. The van der Waals surface area contributed by atoms with Crippen molar-refractivity contribution in [2.45, 2.75) is 374 Å². The van der Waals surface area contributed by atoms with Gasteiger partial charge in [0.25, 0.3) is 0 Å². The number of hydrogen-bond acceptors (Lipinski definition) is 15. The van der Waals surface area contributed by atoms with Gasteiger partial charge >= 0.3 is 39.5 Å². The van der Waals surface area contributed by atoms with Crippen LogP contribution in [0.4, 0.5) is 0 Å². The summed E-state index contributed by atoms with van der Waals surface area (Å²) in [5.41, 5.74) is 0. The molecule has 0 spiro atoms. The SMILES string of the molecule is CCCCCCCCCCCCCCCCC(=O)OC[C@H](COP(=O)(O)OC[C@@H](O)COP(=O)(O)OC[C@@H](COC(=O)CCCCCCC)OC(=O)CCCCCCCCC)OC(=O)CCCCCCCCCCCCCCCCCCCCC(C)CC. The monoisotopic (exact) mass is 1300 g/mol. The number of esters is 4. The Morgan fingerprint density at radius 3 is 0.807 bits per heavy atom. The lowest BCUT2D eigenvalue weighted by Crippen LogP contribution is -2.30. The van der Waals surface area contributed by atoms with Crippen LogP contribution >= 0.6 is 15.6 Å². The number of ether oxygens (including phenoxy) is 4. The van der Waals surface area contributed by atoms with Crippen molar-refractivity contribution >= 4 is 39.5 Å². The summed E-state index contributed by atoms with van der Waals surface area (Å²) in [6.07, 6.45) is 49.2. The van der Waals surface area contributed by atoms with Gasteiger partial charge < -0.3 is 33.8 Å². The Hall–Kier alpha value is -1.94. The van der Waals surface area contributed by atoms with Crippen LogP contribution in [0, 0.1) is 5.92 Å². The van der Waals surface area contributed by atoms with E-state index in [1.165, 1.54) is 161 Å². The molecule has 0 amide bonds. The zero-order valence-corrected chi connectivity index (χ0v) is 58.6. The van der Waals surface area contributed by atoms with Crippen LogP contribution in [0.3, 0.4) is 0 Å². The fourth-order valence-electron chi connectivity index (χ4n) is 10.4. The molecule has 19 heteroatoms. The third-order valence-corrected chi connectivity index (χ3v) is 18.3. The number of phosphoric ester groups is 2. The summed E-state index contributed by atoms with van der Waals surface area (Å²) >= 11 is 0. The molecule has 3 unspecified atom stereocenters. The van der Waals surface area contributed by atoms with Crippen LogP contribution < -0.4 is 0 Å². The lowest BCUT2D eigenvalue weighted by atomic mass is 9.99. The molecule has 0 aliphatic heterocycles. The maximum absolute atomic E-state index is 13.0. The van der Waals surface area contributed by atoms with E-state index in [1.54, 1.807) is 0 Å². The van der Waals surface area contributed by atoms with Gasteiger partial charge in [0.2, 0.25) is 0 Å². The average Bonchev–Trinajstić information content (AvgIpc) is 3.64. The largest absolute Gasteiger partial charge is 0.472 e. The van der Waals surface area contributed by atoms with Crippen molar-refractivity contribution in [2.75, 3.05) is 39.6 Å². The molecular weight excluding hydrogens is 1160 g/mol. The lowest BCUT2D eigenvalue weighted by Gasteiger charge is -2.21. The molecule has 0 aromatic carbocycles. The standard InChI is InChI=1S/C69H134O17P2/c1-6-10-13-16-18-19-20-21-29-32-35-39-43-48-53-67(72)80-59-65(86-69(74)55-50-45-40-36-33-30-27-25-23-22-24-26-28-31-34-38-42-46-51-62(5)9-4)61-84-88(77,78)82-57-63(70)56-81-87(75,76)83-60-64(58-79-66(71)52-47-41-15-12-8-3)85-68(73)54-49-44-37-17-14-11-7-2/h62-65,70H,6-61H2,1-5H3,(H,75,76)(H,77,78)/t62?,63-,64+,65+/m0/s1. The summed E-state index contributed by atoms with van der Waals surface area (Å²) in [5, 5.41) is 10.5. The van der Waals surface area contributed by atoms with Gasteiger partial charge in [0.05, 0.1) is 26.4 Å². The minimum Gasteiger partial charge on any atom is -0.462 e. The fraction of sp³-hybridized carbons (Fsp3) is 0.942. The zero-order valence-electron chi connectivity index (χ0n) is 56.9. The Labute approximate surface area is 537 Å². The van der Waals surface area contributed by atoms with Gasteiger partial charge in [-0.3, -0.25) is 37.3 Å². The van der Waals surface area contributed by atoms with Gasteiger partial charge in [-0.05, 0) is 31.6 Å². The highest BCUT2D eigenvalue weighted by Crippen LogP contribution is 2.45. The quantitative estimate of drug-likeness (QED) is 0.0222. The van der Waals surface area contributed by atoms with Crippen LogP contribution in [0.25, 0.3) is 0 Å². The van der Waals surface area contributed by atoms with E-state index in [9.17, 15) is 43.2 Å². The molecular formula is C69H134O17P2. The first-order valence-electron chi connectivity index (χ1n) is 36.2. The topological polar surface area (TPSA) is 237 Å². The normalized spacial score (nSPS) is 14.4. The predicted molar refractivity (Wildman–Crippen MR) is 354 cm³/mol. The first kappa shape index (κ1) is 86.1. The smallest absolute Gasteiger partial charge is 0.462 e. The van der Waals surface area contributed by atoms with Crippen molar-refractivity contribution in [3.63, 3.8) is 0 Å². The number of phosphoric acid groups is 2. The second kappa shape index (κ2) is 62.5. The second-order valence-electron chi connectivity index (χ2n) is 25.2. The minimum absolute atomic E-state index is 0.103. The van der Waals surface area contributed by atoms with Crippen LogP contribution in [0.15, 0.2) is 0 Å². The third-order valence-electron chi connectivity index (χ3n) is 16.4. The fourth-order valence-corrected chi connectivity index (χ4v) is 12.0. The molecule has 0 saturated heterocycles. The van der Waals surface area contributed by atoms with E-state index in [0.29, 0.717) is 25.7 Å². The zero-order chi connectivity index (χ0) is 64.9. The van der Waals surface area contributed by atoms with E-state index >= 15 is 0 Å². The summed E-state index contributed by atoms with van der Waals surface area (Å²) in [7, 11) is -9.88. The van der Waals surface area contributed by atoms with E-state index in [-0.39, 0.29) is 25.7 Å². The molecule has 0 saturated carbocycles. The average molecular weight is 1300 g/mol. The number of aliphatic hydroxyl groups is 1. The molecule has 88 heavy (non-hydrogen) atoms. The van der Waals surface area contributed by atoms with Crippen LogP contribution in [-0.4, -0.2) is 96.7 Å². The Balaban J connectivity index is 5.06. The van der Waals surface area contributed by atoms with Gasteiger partial charge in [-0.1, -0.05) is 304 Å². The molecule has 3 N–H and O–H groups in total. The molecule has 0 radical (unpaired) electrons. The molecule has 0 aromatic heterocycles. The number of aliphatic hydroxyl groups excluding tert-OH is 1.